The highest BCUT2D eigenvalue weighted by atomic mass is 35.5. The lowest BCUT2D eigenvalue weighted by Crippen LogP contribution is -2.15. The second-order valence-electron chi connectivity index (χ2n) is 3.73. The average molecular weight is 302 g/mol. The quantitative estimate of drug-likeness (QED) is 0.884. The van der Waals surface area contributed by atoms with Gasteiger partial charge in [0.05, 0.1) is 4.90 Å². The Morgan fingerprint density at radius 3 is 2.74 bits per heavy atom. The molecular formula is C11H9ClFN3O2S. The van der Waals surface area contributed by atoms with Gasteiger partial charge in [-0.25, -0.2) is 17.8 Å². The third kappa shape index (κ3) is 3.18. The summed E-state index contributed by atoms with van der Waals surface area (Å²) in [7, 11) is -3.92. The number of aryl methyl sites for hydroxylation is 1. The Labute approximate surface area is 114 Å². The molecule has 5 nitrogen and oxygen atoms in total. The third-order valence-corrected chi connectivity index (χ3v) is 3.98. The Hall–Kier alpha value is -1.73. The highest BCUT2D eigenvalue weighted by Crippen LogP contribution is 2.19. The molecule has 100 valence electrons. The van der Waals surface area contributed by atoms with Crippen LogP contribution in [0.4, 0.5) is 10.2 Å². The highest BCUT2D eigenvalue weighted by Gasteiger charge is 2.18. The number of hydrogen-bond acceptors (Lipinski definition) is 4. The number of nitrogens with one attached hydrogen (secondary N) is 1. The van der Waals surface area contributed by atoms with Gasteiger partial charge in [-0.15, -0.1) is 0 Å². The molecule has 1 N–H and O–H groups in total. The van der Waals surface area contributed by atoms with Crippen molar-refractivity contribution in [2.24, 2.45) is 0 Å². The molecule has 0 aliphatic carbocycles. The first kappa shape index (κ1) is 13.7. The van der Waals surface area contributed by atoms with Crippen molar-refractivity contribution in [2.75, 3.05) is 4.72 Å². The van der Waals surface area contributed by atoms with Crippen molar-refractivity contribution in [2.45, 2.75) is 11.8 Å². The zero-order valence-corrected chi connectivity index (χ0v) is 11.3. The van der Waals surface area contributed by atoms with E-state index in [2.05, 4.69) is 14.7 Å². The summed E-state index contributed by atoms with van der Waals surface area (Å²) in [4.78, 5) is 7.19. The molecule has 1 heterocycles. The van der Waals surface area contributed by atoms with Gasteiger partial charge in [0.25, 0.3) is 10.0 Å². The fourth-order valence-corrected chi connectivity index (χ4v) is 2.85. The lowest BCUT2D eigenvalue weighted by Gasteiger charge is -2.09. The molecule has 0 unspecified atom stereocenters. The number of halogens is 2. The van der Waals surface area contributed by atoms with Crippen LogP contribution >= 0.6 is 11.6 Å². The zero-order valence-electron chi connectivity index (χ0n) is 9.76. The van der Waals surface area contributed by atoms with Gasteiger partial charge in [-0.05, 0) is 42.3 Å². The van der Waals surface area contributed by atoms with Gasteiger partial charge in [0.1, 0.15) is 11.6 Å². The maximum atomic E-state index is 13.1. The maximum absolute atomic E-state index is 13.1. The van der Waals surface area contributed by atoms with E-state index in [-0.39, 0.29) is 16.0 Å². The van der Waals surface area contributed by atoms with Crippen LogP contribution in [0.5, 0.6) is 0 Å². The summed E-state index contributed by atoms with van der Waals surface area (Å²) in [5, 5.41) is -0.0869. The van der Waals surface area contributed by atoms with E-state index in [1.807, 2.05) is 0 Å². The number of hydrogen-bond donors (Lipinski definition) is 1. The summed E-state index contributed by atoms with van der Waals surface area (Å²) in [5.41, 5.74) is 0.425. The smallest absolute Gasteiger partial charge is 0.263 e. The topological polar surface area (TPSA) is 72.0 Å². The van der Waals surface area contributed by atoms with Crippen LogP contribution in [0.1, 0.15) is 5.56 Å². The average Bonchev–Trinajstić information content (AvgIpc) is 2.31. The molecule has 2 aromatic rings. The molecule has 0 fully saturated rings. The molecular weight excluding hydrogens is 293 g/mol. The van der Waals surface area contributed by atoms with E-state index >= 15 is 0 Å². The Kier molecular flexibility index (Phi) is 3.68. The van der Waals surface area contributed by atoms with Crippen molar-refractivity contribution in [1.82, 2.24) is 9.97 Å². The van der Waals surface area contributed by atoms with E-state index in [1.165, 1.54) is 24.4 Å². The zero-order chi connectivity index (χ0) is 14.0. The van der Waals surface area contributed by atoms with E-state index in [0.717, 1.165) is 6.07 Å². The van der Waals surface area contributed by atoms with Gasteiger partial charge in [0.15, 0.2) is 0 Å². The summed E-state index contributed by atoms with van der Waals surface area (Å²) >= 11 is 5.56. The molecule has 0 radical (unpaired) electrons. The first-order chi connectivity index (χ1) is 8.88. The van der Waals surface area contributed by atoms with Crippen molar-refractivity contribution in [3.63, 3.8) is 0 Å². The molecule has 0 aliphatic rings. The summed E-state index contributed by atoms with van der Waals surface area (Å²) < 4.78 is 39.6. The standard InChI is InChI=1S/C11H9ClFN3O2S/c1-7-2-3-8(13)6-9(7)19(17,18)16-10-4-5-14-11(12)15-10/h2-6H,1H3,(H,14,15,16). The molecule has 0 amide bonds. The monoisotopic (exact) mass is 301 g/mol. The Balaban J connectivity index is 2.40. The molecule has 1 aromatic carbocycles. The van der Waals surface area contributed by atoms with Crippen molar-refractivity contribution >= 4 is 27.4 Å². The number of nitrogens with zero attached hydrogens (tertiary/aromatic N) is 2. The van der Waals surface area contributed by atoms with Gasteiger partial charge in [-0.1, -0.05) is 6.07 Å². The minimum absolute atomic E-state index is 0.0173. The van der Waals surface area contributed by atoms with E-state index in [4.69, 9.17) is 11.6 Å². The van der Waals surface area contributed by atoms with Crippen molar-refractivity contribution in [3.8, 4) is 0 Å². The summed E-state index contributed by atoms with van der Waals surface area (Å²) in [6.45, 7) is 1.57. The molecule has 2 rings (SSSR count). The normalized spacial score (nSPS) is 11.3. The minimum atomic E-state index is -3.92. The van der Waals surface area contributed by atoms with Gasteiger partial charge in [-0.2, -0.15) is 4.98 Å². The SMILES string of the molecule is Cc1ccc(F)cc1S(=O)(=O)Nc1ccnc(Cl)n1. The molecule has 1 aromatic heterocycles. The summed E-state index contributed by atoms with van der Waals surface area (Å²) in [5.74, 6) is -0.615. The molecule has 0 spiro atoms. The summed E-state index contributed by atoms with van der Waals surface area (Å²) in [6, 6.07) is 4.87. The van der Waals surface area contributed by atoms with E-state index < -0.39 is 15.8 Å². The van der Waals surface area contributed by atoms with Gasteiger partial charge in [-0.3, -0.25) is 4.72 Å². The van der Waals surface area contributed by atoms with Crippen molar-refractivity contribution < 1.29 is 12.8 Å². The molecule has 0 saturated heterocycles. The van der Waals surface area contributed by atoms with E-state index in [9.17, 15) is 12.8 Å². The van der Waals surface area contributed by atoms with Crippen LogP contribution in [-0.2, 0) is 10.0 Å². The van der Waals surface area contributed by atoms with E-state index in [1.54, 1.807) is 6.92 Å². The Morgan fingerprint density at radius 2 is 2.05 bits per heavy atom. The van der Waals surface area contributed by atoms with Gasteiger partial charge in [0, 0.05) is 6.20 Å². The van der Waals surface area contributed by atoms with Crippen LogP contribution in [0.25, 0.3) is 0 Å². The lowest BCUT2D eigenvalue weighted by atomic mass is 10.2. The van der Waals surface area contributed by atoms with Crippen molar-refractivity contribution in [1.29, 1.82) is 0 Å². The van der Waals surface area contributed by atoms with Crippen LogP contribution in [-0.4, -0.2) is 18.4 Å². The molecule has 0 saturated carbocycles. The molecule has 0 aliphatic heterocycles. The Morgan fingerprint density at radius 1 is 1.32 bits per heavy atom. The van der Waals surface area contributed by atoms with Crippen LogP contribution in [0.2, 0.25) is 5.28 Å². The molecule has 0 bridgehead atoms. The molecule has 0 atom stereocenters. The predicted molar refractivity (Wildman–Crippen MR) is 69.0 cm³/mol. The number of anilines is 1. The number of benzene rings is 1. The van der Waals surface area contributed by atoms with Gasteiger partial charge >= 0.3 is 0 Å². The maximum Gasteiger partial charge on any atom is 0.263 e. The largest absolute Gasteiger partial charge is 0.263 e. The molecule has 8 heteroatoms. The number of sulfonamides is 1. The number of aromatic nitrogens is 2. The predicted octanol–water partition coefficient (Wildman–Crippen LogP) is 2.38. The number of rotatable bonds is 3. The van der Waals surface area contributed by atoms with Crippen LogP contribution in [0.3, 0.4) is 0 Å². The summed E-state index contributed by atoms with van der Waals surface area (Å²) in [6.07, 6.45) is 1.31. The Bertz CT molecular complexity index is 722. The van der Waals surface area contributed by atoms with Crippen LogP contribution < -0.4 is 4.72 Å². The fourth-order valence-electron chi connectivity index (χ4n) is 1.45. The van der Waals surface area contributed by atoms with Crippen LogP contribution in [0.15, 0.2) is 35.4 Å². The second kappa shape index (κ2) is 5.10. The van der Waals surface area contributed by atoms with Gasteiger partial charge < -0.3 is 0 Å². The minimum Gasteiger partial charge on any atom is -0.263 e. The molecule has 19 heavy (non-hydrogen) atoms. The lowest BCUT2D eigenvalue weighted by molar-refractivity contribution is 0.594. The first-order valence-electron chi connectivity index (χ1n) is 5.16. The fraction of sp³-hybridized carbons (Fsp3) is 0.0909. The first-order valence-corrected chi connectivity index (χ1v) is 7.02. The third-order valence-electron chi connectivity index (χ3n) is 2.30. The van der Waals surface area contributed by atoms with Gasteiger partial charge in [0.2, 0.25) is 5.28 Å². The second-order valence-corrected chi connectivity index (χ2v) is 5.72. The van der Waals surface area contributed by atoms with Crippen molar-refractivity contribution in [3.05, 3.63) is 47.1 Å². The van der Waals surface area contributed by atoms with E-state index in [0.29, 0.717) is 5.56 Å². The van der Waals surface area contributed by atoms with Crippen LogP contribution in [0, 0.1) is 12.7 Å². The highest BCUT2D eigenvalue weighted by molar-refractivity contribution is 7.92.